The minimum atomic E-state index is 0.0271. The van der Waals surface area contributed by atoms with Gasteiger partial charge in [-0.05, 0) is 29.8 Å². The minimum Gasteiger partial charge on any atom is -0.497 e. The fraction of sp³-hybridized carbons (Fsp3) is 0.318. The Morgan fingerprint density at radius 1 is 1.00 bits per heavy atom. The highest BCUT2D eigenvalue weighted by atomic mass is 16.5. The first-order valence-electron chi connectivity index (χ1n) is 9.15. The molecule has 0 unspecified atom stereocenters. The average molecular weight is 366 g/mol. The minimum absolute atomic E-state index is 0.0271. The molecule has 0 radical (unpaired) electrons. The van der Waals surface area contributed by atoms with Gasteiger partial charge >= 0.3 is 0 Å². The summed E-state index contributed by atoms with van der Waals surface area (Å²) in [5.74, 6) is 1.48. The first kappa shape index (κ1) is 19.0. The van der Waals surface area contributed by atoms with Crippen LogP contribution in [0.1, 0.15) is 11.1 Å². The quantitative estimate of drug-likeness (QED) is 0.737. The van der Waals surface area contributed by atoms with Crippen molar-refractivity contribution in [1.82, 2.24) is 9.80 Å². The Morgan fingerprint density at radius 2 is 1.74 bits per heavy atom. The van der Waals surface area contributed by atoms with Crippen molar-refractivity contribution in [3.8, 4) is 11.5 Å². The first-order chi connectivity index (χ1) is 13.2. The van der Waals surface area contributed by atoms with E-state index in [1.54, 1.807) is 26.4 Å². The number of hydrogen-bond acceptors (Lipinski definition) is 4. The number of hydrogen-bond donors (Lipinski definition) is 0. The average Bonchev–Trinajstić information content (AvgIpc) is 2.73. The van der Waals surface area contributed by atoms with Crippen molar-refractivity contribution in [2.24, 2.45) is 0 Å². The van der Waals surface area contributed by atoms with Gasteiger partial charge in [0.2, 0.25) is 5.91 Å². The molecule has 3 rings (SSSR count). The van der Waals surface area contributed by atoms with E-state index in [9.17, 15) is 4.79 Å². The number of carbonyl (C=O) groups excluding carboxylic acids is 1. The summed E-state index contributed by atoms with van der Waals surface area (Å²) >= 11 is 0. The lowest BCUT2D eigenvalue weighted by Crippen LogP contribution is -2.47. The standard InChI is InChI=1S/C22H26N2O3/c1-26-20-9-10-21(27-2)19(16-20)8-11-22(25)24-14-12-23(13-15-24)17-18-6-4-3-5-7-18/h3-11,16H,12-15,17H2,1-2H3/b11-8+. The van der Waals surface area contributed by atoms with Crippen molar-refractivity contribution in [2.45, 2.75) is 6.54 Å². The summed E-state index contributed by atoms with van der Waals surface area (Å²) in [5, 5.41) is 0. The van der Waals surface area contributed by atoms with Gasteiger partial charge in [0.1, 0.15) is 11.5 Å². The summed E-state index contributed by atoms with van der Waals surface area (Å²) in [5.41, 5.74) is 2.13. The summed E-state index contributed by atoms with van der Waals surface area (Å²) in [4.78, 5) is 16.8. The molecule has 1 amide bonds. The molecule has 1 heterocycles. The Labute approximate surface area is 160 Å². The van der Waals surface area contributed by atoms with E-state index < -0.39 is 0 Å². The number of rotatable bonds is 6. The number of amides is 1. The summed E-state index contributed by atoms with van der Waals surface area (Å²) in [7, 11) is 3.24. The molecule has 2 aromatic carbocycles. The Morgan fingerprint density at radius 3 is 2.41 bits per heavy atom. The number of carbonyl (C=O) groups is 1. The Kier molecular flexibility index (Phi) is 6.49. The van der Waals surface area contributed by atoms with Gasteiger partial charge in [0.25, 0.3) is 0 Å². The van der Waals surface area contributed by atoms with Gasteiger partial charge in [-0.1, -0.05) is 30.3 Å². The largest absolute Gasteiger partial charge is 0.497 e. The Bertz CT molecular complexity index is 781. The summed E-state index contributed by atoms with van der Waals surface area (Å²) in [6.07, 6.45) is 3.41. The molecular weight excluding hydrogens is 340 g/mol. The molecule has 0 N–H and O–H groups in total. The Balaban J connectivity index is 1.56. The highest BCUT2D eigenvalue weighted by Crippen LogP contribution is 2.25. The van der Waals surface area contributed by atoms with Crippen LogP contribution < -0.4 is 9.47 Å². The maximum atomic E-state index is 12.5. The molecule has 0 aromatic heterocycles. The SMILES string of the molecule is COc1ccc(OC)c(/C=C/C(=O)N2CCN(Cc3ccccc3)CC2)c1. The normalized spacial score (nSPS) is 15.1. The van der Waals surface area contributed by atoms with Crippen LogP contribution in [0.15, 0.2) is 54.6 Å². The van der Waals surface area contributed by atoms with Crippen molar-refractivity contribution >= 4 is 12.0 Å². The second kappa shape index (κ2) is 9.24. The zero-order valence-electron chi connectivity index (χ0n) is 15.9. The fourth-order valence-electron chi connectivity index (χ4n) is 3.20. The third kappa shape index (κ3) is 5.11. The van der Waals surface area contributed by atoms with Crippen LogP contribution in [0.25, 0.3) is 6.08 Å². The van der Waals surface area contributed by atoms with Gasteiger partial charge in [0, 0.05) is 44.4 Å². The van der Waals surface area contributed by atoms with Crippen LogP contribution >= 0.6 is 0 Å². The maximum absolute atomic E-state index is 12.5. The molecule has 5 heteroatoms. The number of nitrogens with zero attached hydrogens (tertiary/aromatic N) is 2. The van der Waals surface area contributed by atoms with Gasteiger partial charge in [0.05, 0.1) is 14.2 Å². The second-order valence-corrected chi connectivity index (χ2v) is 6.53. The second-order valence-electron chi connectivity index (χ2n) is 6.53. The molecule has 1 fully saturated rings. The van der Waals surface area contributed by atoms with Gasteiger partial charge in [-0.3, -0.25) is 9.69 Å². The predicted octanol–water partition coefficient (Wildman–Crippen LogP) is 3.06. The lowest BCUT2D eigenvalue weighted by atomic mass is 10.1. The van der Waals surface area contributed by atoms with E-state index in [0.29, 0.717) is 5.75 Å². The van der Waals surface area contributed by atoms with Crippen LogP contribution in [0.4, 0.5) is 0 Å². The van der Waals surface area contributed by atoms with Gasteiger partial charge in [-0.2, -0.15) is 0 Å². The van der Waals surface area contributed by atoms with Crippen LogP contribution in [-0.2, 0) is 11.3 Å². The molecule has 0 bridgehead atoms. The molecular formula is C22H26N2O3. The zero-order chi connectivity index (χ0) is 19.1. The maximum Gasteiger partial charge on any atom is 0.246 e. The van der Waals surface area contributed by atoms with E-state index in [1.165, 1.54) is 5.56 Å². The number of ether oxygens (including phenoxy) is 2. The van der Waals surface area contributed by atoms with Gasteiger partial charge in [0.15, 0.2) is 0 Å². The van der Waals surface area contributed by atoms with E-state index in [4.69, 9.17) is 9.47 Å². The van der Waals surface area contributed by atoms with E-state index >= 15 is 0 Å². The lowest BCUT2D eigenvalue weighted by Gasteiger charge is -2.34. The lowest BCUT2D eigenvalue weighted by molar-refractivity contribution is -0.127. The van der Waals surface area contributed by atoms with Gasteiger partial charge in [-0.25, -0.2) is 0 Å². The van der Waals surface area contributed by atoms with Crippen molar-refractivity contribution in [1.29, 1.82) is 0 Å². The molecule has 1 aliphatic heterocycles. The smallest absolute Gasteiger partial charge is 0.246 e. The highest BCUT2D eigenvalue weighted by molar-refractivity contribution is 5.92. The fourth-order valence-corrected chi connectivity index (χ4v) is 3.20. The van der Waals surface area contributed by atoms with Crippen molar-refractivity contribution in [3.05, 3.63) is 65.7 Å². The topological polar surface area (TPSA) is 42.0 Å². The van der Waals surface area contributed by atoms with Crippen LogP contribution in [0.3, 0.4) is 0 Å². The first-order valence-corrected chi connectivity index (χ1v) is 9.15. The van der Waals surface area contributed by atoms with E-state index in [2.05, 4.69) is 29.2 Å². The van der Waals surface area contributed by atoms with Crippen molar-refractivity contribution < 1.29 is 14.3 Å². The molecule has 0 spiro atoms. The van der Waals surface area contributed by atoms with Crippen LogP contribution in [-0.4, -0.2) is 56.1 Å². The van der Waals surface area contributed by atoms with Gasteiger partial charge in [-0.15, -0.1) is 0 Å². The number of methoxy groups -OCH3 is 2. The molecule has 2 aromatic rings. The van der Waals surface area contributed by atoms with Crippen molar-refractivity contribution in [2.75, 3.05) is 40.4 Å². The van der Waals surface area contributed by atoms with Crippen LogP contribution in [0.2, 0.25) is 0 Å². The summed E-state index contributed by atoms with van der Waals surface area (Å²) in [6, 6.07) is 16.0. The molecule has 27 heavy (non-hydrogen) atoms. The molecule has 0 saturated carbocycles. The van der Waals surface area contributed by atoms with E-state index in [1.807, 2.05) is 29.2 Å². The van der Waals surface area contributed by atoms with Crippen LogP contribution in [0.5, 0.6) is 11.5 Å². The molecule has 0 atom stereocenters. The predicted molar refractivity (Wildman–Crippen MR) is 107 cm³/mol. The third-order valence-corrected chi connectivity index (χ3v) is 4.78. The number of benzene rings is 2. The zero-order valence-corrected chi connectivity index (χ0v) is 15.9. The molecule has 1 saturated heterocycles. The van der Waals surface area contributed by atoms with E-state index in [-0.39, 0.29) is 5.91 Å². The molecule has 5 nitrogen and oxygen atoms in total. The third-order valence-electron chi connectivity index (χ3n) is 4.78. The van der Waals surface area contributed by atoms with E-state index in [0.717, 1.165) is 44.0 Å². The molecule has 142 valence electrons. The molecule has 1 aliphatic rings. The Hall–Kier alpha value is -2.79. The highest BCUT2D eigenvalue weighted by Gasteiger charge is 2.19. The van der Waals surface area contributed by atoms with Crippen LogP contribution in [0, 0.1) is 0 Å². The van der Waals surface area contributed by atoms with Gasteiger partial charge < -0.3 is 14.4 Å². The van der Waals surface area contributed by atoms with Crippen molar-refractivity contribution in [3.63, 3.8) is 0 Å². The molecule has 0 aliphatic carbocycles. The monoisotopic (exact) mass is 366 g/mol. The summed E-state index contributed by atoms with van der Waals surface area (Å²) < 4.78 is 10.6. The summed E-state index contributed by atoms with van der Waals surface area (Å²) in [6.45, 7) is 4.18. The number of piperazine rings is 1.